The number of nitrogens with one attached hydrogen (secondary N) is 1. The molecule has 1 N–H and O–H groups in total. The molecule has 1 heterocycles. The summed E-state index contributed by atoms with van der Waals surface area (Å²) in [4.78, 5) is 2.70. The molecule has 2 unspecified atom stereocenters. The minimum absolute atomic E-state index is 0.568. The largest absolute Gasteiger partial charge is 0.308 e. The fraction of sp³-hybridized carbons (Fsp3) is 0.684. The third kappa shape index (κ3) is 3.49. The molecule has 2 heteroatoms. The van der Waals surface area contributed by atoms with Gasteiger partial charge in [-0.1, -0.05) is 38.1 Å². The number of nitrogens with zero attached hydrogens (tertiary/aromatic N) is 1. The second-order valence-electron chi connectivity index (χ2n) is 7.11. The molecule has 0 aromatic heterocycles. The summed E-state index contributed by atoms with van der Waals surface area (Å²) in [7, 11) is 0. The lowest BCUT2D eigenvalue weighted by atomic mass is 9.87. The number of rotatable bonds is 5. The number of hydrogen-bond donors (Lipinski definition) is 1. The molecule has 1 fully saturated rings. The Balaban J connectivity index is 1.64. The van der Waals surface area contributed by atoms with E-state index >= 15 is 0 Å². The first kappa shape index (κ1) is 15.1. The molecule has 2 nitrogen and oxygen atoms in total. The second-order valence-corrected chi connectivity index (χ2v) is 7.11. The third-order valence-corrected chi connectivity index (χ3v) is 5.32. The van der Waals surface area contributed by atoms with Gasteiger partial charge in [0.1, 0.15) is 0 Å². The smallest absolute Gasteiger partial charge is 0.0323 e. The van der Waals surface area contributed by atoms with Gasteiger partial charge in [0.05, 0.1) is 0 Å². The van der Waals surface area contributed by atoms with E-state index in [0.29, 0.717) is 12.1 Å². The van der Waals surface area contributed by atoms with Crippen molar-refractivity contribution in [2.75, 3.05) is 19.6 Å². The molecule has 3 rings (SSSR count). The SMILES string of the molecule is CC(C)C(CNC1CCCc2ccccc21)N1CCCC1. The quantitative estimate of drug-likeness (QED) is 0.886. The standard InChI is InChI=1S/C19H30N2/c1-15(2)19(21-12-5-6-13-21)14-20-18-11-7-9-16-8-3-4-10-17(16)18/h3-4,8,10,15,18-20H,5-7,9,11-14H2,1-2H3. The molecule has 0 spiro atoms. The molecular weight excluding hydrogens is 256 g/mol. The van der Waals surface area contributed by atoms with E-state index in [2.05, 4.69) is 48.3 Å². The average molecular weight is 286 g/mol. The predicted molar refractivity (Wildman–Crippen MR) is 89.6 cm³/mol. The highest BCUT2D eigenvalue weighted by Crippen LogP contribution is 2.29. The lowest BCUT2D eigenvalue weighted by Crippen LogP contribution is -2.45. The van der Waals surface area contributed by atoms with E-state index in [1.165, 1.54) is 45.2 Å². The van der Waals surface area contributed by atoms with E-state index in [1.807, 2.05) is 0 Å². The van der Waals surface area contributed by atoms with E-state index in [1.54, 1.807) is 11.1 Å². The molecule has 1 aliphatic heterocycles. The molecule has 116 valence electrons. The monoisotopic (exact) mass is 286 g/mol. The van der Waals surface area contributed by atoms with Crippen molar-refractivity contribution in [2.45, 2.75) is 58.0 Å². The van der Waals surface area contributed by atoms with Crippen LogP contribution in [0.5, 0.6) is 0 Å². The van der Waals surface area contributed by atoms with Gasteiger partial charge in [-0.25, -0.2) is 0 Å². The molecule has 1 aromatic carbocycles. The first-order valence-corrected chi connectivity index (χ1v) is 8.81. The van der Waals surface area contributed by atoms with Crippen LogP contribution in [0.25, 0.3) is 0 Å². The maximum absolute atomic E-state index is 3.89. The van der Waals surface area contributed by atoms with Crippen LogP contribution in [0.15, 0.2) is 24.3 Å². The number of fused-ring (bicyclic) bond motifs is 1. The zero-order chi connectivity index (χ0) is 14.7. The molecule has 2 atom stereocenters. The Bertz CT molecular complexity index is 449. The van der Waals surface area contributed by atoms with E-state index in [-0.39, 0.29) is 0 Å². The van der Waals surface area contributed by atoms with Crippen molar-refractivity contribution in [1.82, 2.24) is 10.2 Å². The van der Waals surface area contributed by atoms with Gasteiger partial charge in [0, 0.05) is 18.6 Å². The van der Waals surface area contributed by atoms with Gasteiger partial charge in [-0.15, -0.1) is 0 Å². The second kappa shape index (κ2) is 6.93. The predicted octanol–water partition coefficient (Wildman–Crippen LogP) is 3.77. The summed E-state index contributed by atoms with van der Waals surface area (Å²) >= 11 is 0. The van der Waals surface area contributed by atoms with Crippen molar-refractivity contribution in [1.29, 1.82) is 0 Å². The van der Waals surface area contributed by atoms with Crippen molar-refractivity contribution in [2.24, 2.45) is 5.92 Å². The Morgan fingerprint density at radius 3 is 2.67 bits per heavy atom. The molecule has 0 bridgehead atoms. The average Bonchev–Trinajstić information content (AvgIpc) is 3.01. The zero-order valence-electron chi connectivity index (χ0n) is 13.6. The van der Waals surface area contributed by atoms with Gasteiger partial charge in [0.2, 0.25) is 0 Å². The third-order valence-electron chi connectivity index (χ3n) is 5.32. The molecule has 21 heavy (non-hydrogen) atoms. The van der Waals surface area contributed by atoms with Crippen LogP contribution in [0.3, 0.4) is 0 Å². The van der Waals surface area contributed by atoms with Gasteiger partial charge in [0.25, 0.3) is 0 Å². The summed E-state index contributed by atoms with van der Waals surface area (Å²) in [6.07, 6.45) is 6.64. The lowest BCUT2D eigenvalue weighted by Gasteiger charge is -2.34. The molecule has 1 aliphatic carbocycles. The molecule has 1 aromatic rings. The van der Waals surface area contributed by atoms with E-state index < -0.39 is 0 Å². The van der Waals surface area contributed by atoms with Crippen LogP contribution in [0.4, 0.5) is 0 Å². The lowest BCUT2D eigenvalue weighted by molar-refractivity contribution is 0.180. The normalized spacial score (nSPS) is 24.2. The number of hydrogen-bond acceptors (Lipinski definition) is 2. The van der Waals surface area contributed by atoms with E-state index in [4.69, 9.17) is 0 Å². The Morgan fingerprint density at radius 2 is 1.90 bits per heavy atom. The maximum Gasteiger partial charge on any atom is 0.0323 e. The first-order valence-electron chi connectivity index (χ1n) is 8.81. The summed E-state index contributed by atoms with van der Waals surface area (Å²) < 4.78 is 0. The van der Waals surface area contributed by atoms with Gasteiger partial charge in [0.15, 0.2) is 0 Å². The van der Waals surface area contributed by atoms with Crippen molar-refractivity contribution >= 4 is 0 Å². The minimum Gasteiger partial charge on any atom is -0.308 e. The Kier molecular flexibility index (Phi) is 4.97. The van der Waals surface area contributed by atoms with Gasteiger partial charge < -0.3 is 5.32 Å². The Labute approximate surface area is 129 Å². The maximum atomic E-state index is 3.89. The van der Waals surface area contributed by atoms with Crippen LogP contribution in [0.1, 0.15) is 56.7 Å². The number of aryl methyl sites for hydroxylation is 1. The molecular formula is C19H30N2. The minimum atomic E-state index is 0.568. The molecule has 0 saturated carbocycles. The van der Waals surface area contributed by atoms with Crippen LogP contribution in [0, 0.1) is 5.92 Å². The molecule has 0 amide bonds. The topological polar surface area (TPSA) is 15.3 Å². The van der Waals surface area contributed by atoms with Gasteiger partial charge >= 0.3 is 0 Å². The van der Waals surface area contributed by atoms with Crippen LogP contribution >= 0.6 is 0 Å². The van der Waals surface area contributed by atoms with Crippen molar-refractivity contribution < 1.29 is 0 Å². The van der Waals surface area contributed by atoms with Gasteiger partial charge in [-0.3, -0.25) is 4.90 Å². The van der Waals surface area contributed by atoms with Gasteiger partial charge in [-0.2, -0.15) is 0 Å². The highest BCUT2D eigenvalue weighted by molar-refractivity contribution is 5.32. The summed E-state index contributed by atoms with van der Waals surface area (Å²) in [5, 5.41) is 3.89. The van der Waals surface area contributed by atoms with Crippen LogP contribution in [-0.4, -0.2) is 30.6 Å². The zero-order valence-corrected chi connectivity index (χ0v) is 13.6. The van der Waals surface area contributed by atoms with Crippen molar-refractivity contribution in [3.05, 3.63) is 35.4 Å². The van der Waals surface area contributed by atoms with Crippen molar-refractivity contribution in [3.8, 4) is 0 Å². The summed E-state index contributed by atoms with van der Waals surface area (Å²) in [5.74, 6) is 0.731. The van der Waals surface area contributed by atoms with Crippen LogP contribution < -0.4 is 5.32 Å². The van der Waals surface area contributed by atoms with E-state index in [9.17, 15) is 0 Å². The fourth-order valence-corrected chi connectivity index (χ4v) is 4.09. The summed E-state index contributed by atoms with van der Waals surface area (Å²) in [6, 6.07) is 10.3. The number of benzene rings is 1. The van der Waals surface area contributed by atoms with Crippen LogP contribution in [-0.2, 0) is 6.42 Å². The Morgan fingerprint density at radius 1 is 1.14 bits per heavy atom. The molecule has 1 saturated heterocycles. The summed E-state index contributed by atoms with van der Waals surface area (Å²) in [6.45, 7) is 8.48. The first-order chi connectivity index (χ1) is 10.3. The molecule has 0 radical (unpaired) electrons. The van der Waals surface area contributed by atoms with Crippen LogP contribution in [0.2, 0.25) is 0 Å². The fourth-order valence-electron chi connectivity index (χ4n) is 4.09. The number of likely N-dealkylation sites (tertiary alicyclic amines) is 1. The van der Waals surface area contributed by atoms with Crippen molar-refractivity contribution in [3.63, 3.8) is 0 Å². The Hall–Kier alpha value is -0.860. The highest BCUT2D eigenvalue weighted by atomic mass is 15.2. The summed E-state index contributed by atoms with van der Waals surface area (Å²) in [5.41, 5.74) is 3.11. The molecule has 2 aliphatic rings. The van der Waals surface area contributed by atoms with Gasteiger partial charge in [-0.05, 0) is 62.2 Å². The highest BCUT2D eigenvalue weighted by Gasteiger charge is 2.26. The van der Waals surface area contributed by atoms with E-state index in [0.717, 1.165) is 12.5 Å².